The molecule has 6 N–H and O–H groups in total. The van der Waals surface area contributed by atoms with E-state index in [-0.39, 0.29) is 12.5 Å². The summed E-state index contributed by atoms with van der Waals surface area (Å²) in [7, 11) is 0. The van der Waals surface area contributed by atoms with Gasteiger partial charge >= 0.3 is 0 Å². The third kappa shape index (κ3) is 42.9. The fraction of sp³-hybridized carbons (Fsp3) is 0.831. The topological polar surface area (TPSA) is 149 Å². The predicted molar refractivity (Wildman–Crippen MR) is 313 cm³/mol. The van der Waals surface area contributed by atoms with Crippen LogP contribution in [0.1, 0.15) is 290 Å². The zero-order valence-corrected chi connectivity index (χ0v) is 48.1. The van der Waals surface area contributed by atoms with Crippen molar-refractivity contribution in [3.05, 3.63) is 60.8 Å². The van der Waals surface area contributed by atoms with E-state index in [9.17, 15) is 30.3 Å². The van der Waals surface area contributed by atoms with Crippen molar-refractivity contribution >= 4 is 5.91 Å². The molecule has 0 aromatic rings. The Kier molecular flexibility index (Phi) is 51.3. The molecule has 1 saturated heterocycles. The van der Waals surface area contributed by atoms with Gasteiger partial charge in [0, 0.05) is 6.42 Å². The molecule has 74 heavy (non-hydrogen) atoms. The van der Waals surface area contributed by atoms with Crippen LogP contribution in [0, 0.1) is 0 Å². The van der Waals surface area contributed by atoms with Gasteiger partial charge in [0.1, 0.15) is 24.4 Å². The number of ether oxygens (including phenoxy) is 2. The van der Waals surface area contributed by atoms with Gasteiger partial charge in [-0.3, -0.25) is 4.79 Å². The maximum absolute atomic E-state index is 13.1. The number of carbonyl (C=O) groups is 1. The van der Waals surface area contributed by atoms with E-state index in [4.69, 9.17) is 9.47 Å². The van der Waals surface area contributed by atoms with Crippen molar-refractivity contribution in [2.75, 3.05) is 13.2 Å². The molecule has 9 heteroatoms. The Bertz CT molecular complexity index is 1350. The number of unbranched alkanes of at least 4 members (excludes halogenated alkanes) is 36. The molecule has 0 aromatic carbocycles. The number of rotatable bonds is 54. The minimum Gasteiger partial charge on any atom is -0.394 e. The van der Waals surface area contributed by atoms with E-state index in [1.165, 1.54) is 205 Å². The summed E-state index contributed by atoms with van der Waals surface area (Å²) in [6, 6.07) is -0.833. The highest BCUT2D eigenvalue weighted by Gasteiger charge is 2.44. The fourth-order valence-corrected chi connectivity index (χ4v) is 9.83. The molecule has 0 bridgehead atoms. The normalized spacial score (nSPS) is 19.4. The number of hydrogen-bond acceptors (Lipinski definition) is 8. The molecule has 1 amide bonds. The molecular weight excluding hydrogens is 923 g/mol. The summed E-state index contributed by atoms with van der Waals surface area (Å²) >= 11 is 0. The van der Waals surface area contributed by atoms with E-state index in [2.05, 4.69) is 67.8 Å². The summed E-state index contributed by atoms with van der Waals surface area (Å²) in [6.07, 6.45) is 67.4. The third-order valence-corrected chi connectivity index (χ3v) is 14.8. The molecule has 1 heterocycles. The zero-order valence-electron chi connectivity index (χ0n) is 48.1. The molecule has 1 aliphatic rings. The van der Waals surface area contributed by atoms with Crippen molar-refractivity contribution in [3.63, 3.8) is 0 Å². The first kappa shape index (κ1) is 69.9. The lowest BCUT2D eigenvalue weighted by molar-refractivity contribution is -0.302. The zero-order chi connectivity index (χ0) is 53.6. The molecule has 0 aromatic heterocycles. The molecule has 0 aliphatic carbocycles. The van der Waals surface area contributed by atoms with Crippen LogP contribution in [-0.4, -0.2) is 87.5 Å². The van der Waals surface area contributed by atoms with Crippen LogP contribution in [0.2, 0.25) is 0 Å². The Hall–Kier alpha value is -2.11. The average molecular weight is 1040 g/mol. The molecule has 9 nitrogen and oxygen atoms in total. The maximum Gasteiger partial charge on any atom is 0.220 e. The molecule has 1 fully saturated rings. The Morgan fingerprint density at radius 2 is 0.811 bits per heavy atom. The third-order valence-electron chi connectivity index (χ3n) is 14.8. The predicted octanol–water partition coefficient (Wildman–Crippen LogP) is 16.2. The first-order valence-corrected chi connectivity index (χ1v) is 31.5. The second kappa shape index (κ2) is 54.3. The van der Waals surface area contributed by atoms with Gasteiger partial charge in [-0.2, -0.15) is 0 Å². The first-order chi connectivity index (χ1) is 36.3. The van der Waals surface area contributed by atoms with Crippen LogP contribution in [0.3, 0.4) is 0 Å². The van der Waals surface area contributed by atoms with Gasteiger partial charge in [-0.25, -0.2) is 0 Å². The van der Waals surface area contributed by atoms with E-state index in [0.717, 1.165) is 64.2 Å². The van der Waals surface area contributed by atoms with Gasteiger partial charge in [0.05, 0.1) is 25.4 Å². The lowest BCUT2D eigenvalue weighted by Gasteiger charge is -2.40. The van der Waals surface area contributed by atoms with Gasteiger partial charge in [0.25, 0.3) is 0 Å². The van der Waals surface area contributed by atoms with Crippen LogP contribution in [0.5, 0.6) is 0 Å². The molecule has 7 atom stereocenters. The maximum atomic E-state index is 13.1. The number of carbonyl (C=O) groups excluding carboxylic acids is 1. The van der Waals surface area contributed by atoms with Gasteiger partial charge in [0.2, 0.25) is 5.91 Å². The second-order valence-corrected chi connectivity index (χ2v) is 21.8. The molecule has 0 saturated carbocycles. The minimum atomic E-state index is -1.58. The first-order valence-electron chi connectivity index (χ1n) is 31.5. The number of aliphatic hydroxyl groups excluding tert-OH is 5. The summed E-state index contributed by atoms with van der Waals surface area (Å²) in [4.78, 5) is 13.1. The molecule has 7 unspecified atom stereocenters. The number of aliphatic hydroxyl groups is 5. The van der Waals surface area contributed by atoms with Gasteiger partial charge in [-0.05, 0) is 70.6 Å². The van der Waals surface area contributed by atoms with E-state index < -0.39 is 49.5 Å². The van der Waals surface area contributed by atoms with Crippen molar-refractivity contribution < 1.29 is 39.8 Å². The van der Waals surface area contributed by atoms with Gasteiger partial charge in [0.15, 0.2) is 6.29 Å². The Morgan fingerprint density at radius 3 is 1.26 bits per heavy atom. The number of hydrogen-bond donors (Lipinski definition) is 6. The smallest absolute Gasteiger partial charge is 0.220 e. The summed E-state index contributed by atoms with van der Waals surface area (Å²) in [5, 5.41) is 54.6. The highest BCUT2D eigenvalue weighted by Crippen LogP contribution is 2.23. The van der Waals surface area contributed by atoms with Gasteiger partial charge < -0.3 is 40.3 Å². The average Bonchev–Trinajstić information content (AvgIpc) is 3.40. The van der Waals surface area contributed by atoms with E-state index >= 15 is 0 Å². The summed E-state index contributed by atoms with van der Waals surface area (Å²) < 4.78 is 11.3. The Balaban J connectivity index is 2.19. The number of amides is 1. The molecule has 0 spiro atoms. The quantitative estimate of drug-likeness (QED) is 0.0261. The number of allylic oxidation sites excluding steroid dienone is 9. The van der Waals surface area contributed by atoms with Crippen LogP contribution in [0.25, 0.3) is 0 Å². The summed E-state index contributed by atoms with van der Waals surface area (Å²) in [5.74, 6) is -0.198. The molecule has 0 radical (unpaired) electrons. The molecule has 432 valence electrons. The highest BCUT2D eigenvalue weighted by atomic mass is 16.7. The lowest BCUT2D eigenvalue weighted by Crippen LogP contribution is -2.60. The van der Waals surface area contributed by atoms with E-state index in [1.807, 2.05) is 6.08 Å². The lowest BCUT2D eigenvalue weighted by atomic mass is 9.99. The van der Waals surface area contributed by atoms with E-state index in [0.29, 0.717) is 6.42 Å². The Labute approximate surface area is 456 Å². The monoisotopic (exact) mass is 1040 g/mol. The SMILES string of the molecule is CCCCC/C=C\C/C=C\C/C=C\CCCCCCCCC(=O)NC(COC1OC(CO)C(O)C(O)C1O)C(O)/C=C/CC/C=C/CCCCCCCCCCCCCCCCCCCCCCCCCCCC. The molecule has 1 rings (SSSR count). The van der Waals surface area contributed by atoms with Crippen molar-refractivity contribution in [1.82, 2.24) is 5.32 Å². The van der Waals surface area contributed by atoms with Gasteiger partial charge in [-0.15, -0.1) is 0 Å². The summed E-state index contributed by atoms with van der Waals surface area (Å²) in [5.41, 5.74) is 0. The van der Waals surface area contributed by atoms with Crippen molar-refractivity contribution in [3.8, 4) is 0 Å². The van der Waals surface area contributed by atoms with Crippen molar-refractivity contribution in [2.24, 2.45) is 0 Å². The number of nitrogens with one attached hydrogen (secondary N) is 1. The van der Waals surface area contributed by atoms with E-state index in [1.54, 1.807) is 6.08 Å². The molecular formula is C65H119NO8. The van der Waals surface area contributed by atoms with Crippen LogP contribution in [0.15, 0.2) is 60.8 Å². The van der Waals surface area contributed by atoms with Crippen LogP contribution in [-0.2, 0) is 14.3 Å². The molecule has 1 aliphatic heterocycles. The highest BCUT2D eigenvalue weighted by molar-refractivity contribution is 5.76. The van der Waals surface area contributed by atoms with Crippen LogP contribution in [0.4, 0.5) is 0 Å². The van der Waals surface area contributed by atoms with Crippen molar-refractivity contribution in [1.29, 1.82) is 0 Å². The largest absolute Gasteiger partial charge is 0.394 e. The van der Waals surface area contributed by atoms with Crippen molar-refractivity contribution in [2.45, 2.75) is 333 Å². The minimum absolute atomic E-state index is 0.198. The second-order valence-electron chi connectivity index (χ2n) is 21.8. The van der Waals surface area contributed by atoms with Crippen LogP contribution >= 0.6 is 0 Å². The summed E-state index contributed by atoms with van der Waals surface area (Å²) in [6.45, 7) is 3.75. The van der Waals surface area contributed by atoms with Gasteiger partial charge in [-0.1, -0.05) is 274 Å². The van der Waals surface area contributed by atoms with Crippen LogP contribution < -0.4 is 5.32 Å². The standard InChI is InChI=1S/C65H119NO8/c1-3-5-7-9-11-13-15-17-19-21-23-24-25-26-27-28-29-30-31-32-33-34-35-37-38-40-42-44-46-48-50-52-54-59(68)58(57-73-65-64(72)63(71)62(70)60(56-67)74-65)66-61(69)55-53-51-49-47-45-43-41-39-36-22-20-18-16-14-12-10-8-6-4-2/h12,14,18,20,36,39,44,46,52,54,58-60,62-65,67-68,70-72H,3-11,13,15-17,19,21-35,37-38,40-43,45,47-51,53,55-57H2,1-2H3,(H,66,69)/b14-12-,20-18-,39-36-,46-44+,54-52+. The fourth-order valence-electron chi connectivity index (χ4n) is 9.83. The Morgan fingerprint density at radius 1 is 0.459 bits per heavy atom.